The number of carbonyl (C=O) groups excluding carboxylic acids is 1. The van der Waals surface area contributed by atoms with E-state index in [1.807, 2.05) is 0 Å². The van der Waals surface area contributed by atoms with E-state index in [1.165, 1.54) is 0 Å². The van der Waals surface area contributed by atoms with Gasteiger partial charge in [-0.25, -0.2) is 24.0 Å². The Hall–Kier alpha value is -3.05. The highest BCUT2D eigenvalue weighted by Crippen LogP contribution is 1.85. The van der Waals surface area contributed by atoms with E-state index in [0.717, 1.165) is 0 Å². The van der Waals surface area contributed by atoms with Crippen LogP contribution in [0, 0.1) is 0 Å². The lowest BCUT2D eigenvalue weighted by Crippen LogP contribution is -2.14. The van der Waals surface area contributed by atoms with E-state index in [0.29, 0.717) is 0 Å². The van der Waals surface area contributed by atoms with Crippen LogP contribution < -0.4 is 0 Å². The summed E-state index contributed by atoms with van der Waals surface area (Å²) >= 11 is 0. The summed E-state index contributed by atoms with van der Waals surface area (Å²) in [5.41, 5.74) is 0. The highest BCUT2D eigenvalue weighted by molar-refractivity contribution is 5.82. The standard InChI is InChI=1S/C3H2O7.C2H2O5/c4-1(5)9-3(8)10-2(6)7;3-1(4)7-2(5)6/h(H,4,5)(H,6,7);(H,3,4)(H,5,6). The summed E-state index contributed by atoms with van der Waals surface area (Å²) in [6, 6.07) is 0. The zero-order valence-corrected chi connectivity index (χ0v) is 7.55. The predicted molar refractivity (Wildman–Crippen MR) is 40.8 cm³/mol. The number of carboxylic acid groups (broad SMARTS) is 4. The molecule has 0 aromatic rings. The smallest absolute Gasteiger partial charge is 0.449 e. The normalized spacial score (nSPS) is 7.76. The topological polar surface area (TPSA) is 194 Å². The maximum absolute atomic E-state index is 9.86. The van der Waals surface area contributed by atoms with Crippen molar-refractivity contribution in [2.75, 3.05) is 0 Å². The van der Waals surface area contributed by atoms with E-state index in [1.54, 1.807) is 0 Å². The fourth-order valence-electron chi connectivity index (χ4n) is 0.238. The van der Waals surface area contributed by atoms with Crippen molar-refractivity contribution in [2.24, 2.45) is 0 Å². The second-order valence-electron chi connectivity index (χ2n) is 1.62. The average molecular weight is 256 g/mol. The van der Waals surface area contributed by atoms with Crippen molar-refractivity contribution in [2.45, 2.75) is 0 Å². The largest absolute Gasteiger partial charge is 0.528 e. The fraction of sp³-hybridized carbons (Fsp3) is 0. The summed E-state index contributed by atoms with van der Waals surface area (Å²) in [6.07, 6.45) is -9.27. The first kappa shape index (κ1) is 16.4. The minimum atomic E-state index is -1.92. The molecular weight excluding hydrogens is 252 g/mol. The first-order valence-electron chi connectivity index (χ1n) is 3.14. The highest BCUT2D eigenvalue weighted by Gasteiger charge is 2.13. The van der Waals surface area contributed by atoms with Crippen molar-refractivity contribution < 1.29 is 58.6 Å². The van der Waals surface area contributed by atoms with Gasteiger partial charge in [-0.3, -0.25) is 0 Å². The fourth-order valence-corrected chi connectivity index (χ4v) is 0.238. The number of rotatable bonds is 0. The maximum Gasteiger partial charge on any atom is 0.528 e. The molecule has 0 saturated carbocycles. The quantitative estimate of drug-likeness (QED) is 0.352. The van der Waals surface area contributed by atoms with E-state index < -0.39 is 30.8 Å². The maximum atomic E-state index is 9.86. The van der Waals surface area contributed by atoms with Crippen LogP contribution in [0.3, 0.4) is 0 Å². The van der Waals surface area contributed by atoms with Crippen LogP contribution >= 0.6 is 0 Å². The van der Waals surface area contributed by atoms with Gasteiger partial charge in [0.15, 0.2) is 0 Å². The van der Waals surface area contributed by atoms with Gasteiger partial charge in [0.25, 0.3) is 0 Å². The van der Waals surface area contributed by atoms with Gasteiger partial charge in [-0.2, -0.15) is 0 Å². The Balaban J connectivity index is 0. The van der Waals surface area contributed by atoms with Gasteiger partial charge in [-0.15, -0.1) is 0 Å². The molecule has 12 heteroatoms. The number of hydrogen-bond donors (Lipinski definition) is 4. The van der Waals surface area contributed by atoms with Gasteiger partial charge in [0.1, 0.15) is 0 Å². The zero-order valence-electron chi connectivity index (χ0n) is 7.55. The molecule has 0 aliphatic heterocycles. The van der Waals surface area contributed by atoms with Gasteiger partial charge < -0.3 is 34.6 Å². The average Bonchev–Trinajstić information content (AvgIpc) is 1.97. The second-order valence-corrected chi connectivity index (χ2v) is 1.62. The Morgan fingerprint density at radius 3 is 0.882 bits per heavy atom. The SMILES string of the molecule is O=C(O)OC(=O)O.O=C(O)OC(=O)OC(=O)O. The van der Waals surface area contributed by atoms with Crippen LogP contribution in [-0.4, -0.2) is 51.2 Å². The Bertz CT molecular complexity index is 298. The van der Waals surface area contributed by atoms with Crippen molar-refractivity contribution >= 4 is 30.8 Å². The van der Waals surface area contributed by atoms with Crippen molar-refractivity contribution in [3.8, 4) is 0 Å². The van der Waals surface area contributed by atoms with E-state index >= 15 is 0 Å². The van der Waals surface area contributed by atoms with Crippen LogP contribution in [0.4, 0.5) is 24.0 Å². The highest BCUT2D eigenvalue weighted by atomic mass is 16.8. The third kappa shape index (κ3) is 19.4. The molecule has 96 valence electrons. The molecule has 0 aliphatic rings. The van der Waals surface area contributed by atoms with E-state index in [9.17, 15) is 24.0 Å². The van der Waals surface area contributed by atoms with Gasteiger partial charge in [0.05, 0.1) is 0 Å². The lowest BCUT2D eigenvalue weighted by Gasteiger charge is -1.93. The molecular formula is C5H4O12. The summed E-state index contributed by atoms with van der Waals surface area (Å²) in [6.45, 7) is 0. The lowest BCUT2D eigenvalue weighted by atomic mass is 11.2. The first-order chi connectivity index (χ1) is 7.65. The molecule has 0 heterocycles. The molecule has 12 nitrogen and oxygen atoms in total. The second kappa shape index (κ2) is 8.27. The molecule has 0 bridgehead atoms. The third-order valence-corrected chi connectivity index (χ3v) is 0.516. The summed E-state index contributed by atoms with van der Waals surface area (Å²) in [7, 11) is 0. The van der Waals surface area contributed by atoms with Gasteiger partial charge in [0, 0.05) is 0 Å². The minimum absolute atomic E-state index is 1.79. The van der Waals surface area contributed by atoms with Crippen molar-refractivity contribution in [3.05, 3.63) is 0 Å². The molecule has 0 aliphatic carbocycles. The van der Waals surface area contributed by atoms with E-state index in [-0.39, 0.29) is 0 Å². The molecule has 0 atom stereocenters. The van der Waals surface area contributed by atoms with Crippen molar-refractivity contribution in [1.82, 2.24) is 0 Å². The molecule has 17 heavy (non-hydrogen) atoms. The summed E-state index contributed by atoms with van der Waals surface area (Å²) in [5, 5.41) is 30.3. The first-order valence-corrected chi connectivity index (χ1v) is 3.14. The van der Waals surface area contributed by atoms with Crippen LogP contribution in [0.15, 0.2) is 0 Å². The van der Waals surface area contributed by atoms with Crippen LogP contribution in [0.5, 0.6) is 0 Å². The van der Waals surface area contributed by atoms with Gasteiger partial charge in [-0.1, -0.05) is 0 Å². The van der Waals surface area contributed by atoms with E-state index in [4.69, 9.17) is 20.4 Å². The number of carbonyl (C=O) groups is 5. The molecule has 4 N–H and O–H groups in total. The lowest BCUT2D eigenvalue weighted by molar-refractivity contribution is 0.0545. The Morgan fingerprint density at radius 1 is 0.529 bits per heavy atom. The summed E-state index contributed by atoms with van der Waals surface area (Å²) in [5.74, 6) is 0. The molecule has 0 amide bonds. The van der Waals surface area contributed by atoms with E-state index in [2.05, 4.69) is 14.2 Å². The molecule has 0 rings (SSSR count). The van der Waals surface area contributed by atoms with Crippen molar-refractivity contribution in [1.29, 1.82) is 0 Å². The molecule has 0 radical (unpaired) electrons. The molecule has 0 aromatic carbocycles. The minimum Gasteiger partial charge on any atom is -0.449 e. The van der Waals surface area contributed by atoms with Gasteiger partial charge in [-0.05, 0) is 0 Å². The number of hydrogen-bond acceptors (Lipinski definition) is 8. The molecule has 0 aromatic heterocycles. The Labute approximate surface area is 90.5 Å². The van der Waals surface area contributed by atoms with Crippen LogP contribution in [-0.2, 0) is 14.2 Å². The zero-order chi connectivity index (χ0) is 14.0. The van der Waals surface area contributed by atoms with Crippen molar-refractivity contribution in [3.63, 3.8) is 0 Å². The van der Waals surface area contributed by atoms with Crippen LogP contribution in [0.25, 0.3) is 0 Å². The summed E-state index contributed by atoms with van der Waals surface area (Å²) < 4.78 is 9.55. The van der Waals surface area contributed by atoms with Gasteiger partial charge in [0.2, 0.25) is 0 Å². The van der Waals surface area contributed by atoms with Gasteiger partial charge >= 0.3 is 30.8 Å². The number of ether oxygens (including phenoxy) is 3. The molecule has 0 unspecified atom stereocenters. The Morgan fingerprint density at radius 2 is 0.765 bits per heavy atom. The summed E-state index contributed by atoms with van der Waals surface area (Å²) in [4.78, 5) is 47.2. The van der Waals surface area contributed by atoms with Crippen LogP contribution in [0.1, 0.15) is 0 Å². The molecule has 0 spiro atoms. The monoisotopic (exact) mass is 256 g/mol. The Kier molecular flexibility index (Phi) is 7.97. The molecule has 0 fully saturated rings. The predicted octanol–water partition coefficient (Wildman–Crippen LogP) is 0.855. The third-order valence-electron chi connectivity index (χ3n) is 0.516. The molecule has 0 saturated heterocycles. The van der Waals surface area contributed by atoms with Crippen LogP contribution in [0.2, 0.25) is 0 Å².